The van der Waals surface area contributed by atoms with Gasteiger partial charge in [0.2, 0.25) is 0 Å². The van der Waals surface area contributed by atoms with Crippen LogP contribution >= 0.6 is 11.6 Å². The maximum absolute atomic E-state index is 13.5. The Labute approximate surface area is 197 Å². The van der Waals surface area contributed by atoms with E-state index in [0.717, 1.165) is 28.8 Å². The average Bonchev–Trinajstić information content (AvgIpc) is 2.77. The van der Waals surface area contributed by atoms with E-state index < -0.39 is 0 Å². The molecule has 0 spiro atoms. The van der Waals surface area contributed by atoms with Gasteiger partial charge in [-0.3, -0.25) is 4.79 Å². The van der Waals surface area contributed by atoms with Crippen molar-refractivity contribution in [2.24, 2.45) is 0 Å². The third kappa shape index (κ3) is 6.57. The molecule has 0 bridgehead atoms. The summed E-state index contributed by atoms with van der Waals surface area (Å²) in [5, 5.41) is 3.78. The molecule has 174 valence electrons. The summed E-state index contributed by atoms with van der Waals surface area (Å²) in [6, 6.07) is 13.0. The van der Waals surface area contributed by atoms with Crippen molar-refractivity contribution >= 4 is 29.2 Å². The fourth-order valence-electron chi connectivity index (χ4n) is 4.28. The van der Waals surface area contributed by atoms with Crippen LogP contribution in [0.4, 0.5) is 5.69 Å². The van der Waals surface area contributed by atoms with E-state index in [-0.39, 0.29) is 31.1 Å². The first kappa shape index (κ1) is 25.9. The van der Waals surface area contributed by atoms with Crippen molar-refractivity contribution < 1.29 is 18.8 Å². The maximum atomic E-state index is 13.5. The highest BCUT2D eigenvalue weighted by atomic mass is 35.5. The maximum Gasteiger partial charge on any atom is 0.362 e. The van der Waals surface area contributed by atoms with Gasteiger partial charge in [0.1, 0.15) is 6.61 Å². The lowest BCUT2D eigenvalue weighted by molar-refractivity contribution is -0.933. The molecule has 0 aliphatic rings. The number of amides is 1. The Morgan fingerprint density at radius 3 is 2.16 bits per heavy atom. The van der Waals surface area contributed by atoms with Crippen LogP contribution in [0.3, 0.4) is 0 Å². The van der Waals surface area contributed by atoms with Gasteiger partial charge in [0, 0.05) is 17.1 Å². The molecule has 0 saturated carbocycles. The van der Waals surface area contributed by atoms with Crippen molar-refractivity contribution in [1.29, 1.82) is 0 Å². The van der Waals surface area contributed by atoms with Gasteiger partial charge in [-0.2, -0.15) is 0 Å². The van der Waals surface area contributed by atoms with E-state index in [9.17, 15) is 9.59 Å². The molecule has 0 radical (unpaired) electrons. The molecule has 0 aromatic heterocycles. The van der Waals surface area contributed by atoms with E-state index in [0.29, 0.717) is 29.0 Å². The zero-order valence-electron chi connectivity index (χ0n) is 19.9. The van der Waals surface area contributed by atoms with Crippen LogP contribution in [0.2, 0.25) is 5.02 Å². The molecule has 5 nitrogen and oxygen atoms in total. The normalized spacial score (nSPS) is 12.3. The van der Waals surface area contributed by atoms with Gasteiger partial charge in [-0.1, -0.05) is 48.9 Å². The topological polar surface area (TPSA) is 55.4 Å². The summed E-state index contributed by atoms with van der Waals surface area (Å²) in [6.07, 6.45) is 1.53. The van der Waals surface area contributed by atoms with Crippen molar-refractivity contribution in [3.8, 4) is 0 Å². The number of ether oxygens (including phenoxy) is 1. The third-order valence-corrected chi connectivity index (χ3v) is 6.44. The Hall–Kier alpha value is -2.37. The number of carbonyl (C=O) groups excluding carboxylic acids is 2. The number of aryl methyl sites for hydroxylation is 2. The second-order valence-electron chi connectivity index (χ2n) is 8.36. The molecule has 1 atom stereocenters. The third-order valence-electron chi connectivity index (χ3n) is 6.22. The lowest BCUT2D eigenvalue weighted by Crippen LogP contribution is -2.61. The van der Waals surface area contributed by atoms with Gasteiger partial charge in [0.05, 0.1) is 13.1 Å². The SMILES string of the molecule is CCCC(C(=O)Nc1c(C)cc(Cl)cc1C)[N+](CC)(CC)CC(=O)OCc1ccccc1. The number of benzene rings is 2. The molecule has 32 heavy (non-hydrogen) atoms. The summed E-state index contributed by atoms with van der Waals surface area (Å²) < 4.78 is 5.92. The smallest absolute Gasteiger partial charge is 0.362 e. The molecule has 1 N–H and O–H groups in total. The Morgan fingerprint density at radius 1 is 1.03 bits per heavy atom. The number of halogens is 1. The zero-order valence-corrected chi connectivity index (χ0v) is 20.7. The molecule has 2 rings (SSSR count). The standard InChI is InChI=1S/C26H35ClN2O3/c1-6-12-23(26(31)28-25-19(4)15-22(27)16-20(25)5)29(7-2,8-3)17-24(30)32-18-21-13-10-9-11-14-21/h9-11,13-16,23H,6-8,12,17-18H2,1-5H3/p+1. The fourth-order valence-corrected chi connectivity index (χ4v) is 4.61. The number of quaternary nitrogens is 1. The van der Waals surface area contributed by atoms with Gasteiger partial charge in [0.25, 0.3) is 5.91 Å². The minimum atomic E-state index is -0.353. The van der Waals surface area contributed by atoms with Gasteiger partial charge in [-0.25, -0.2) is 4.79 Å². The van der Waals surface area contributed by atoms with Crippen molar-refractivity contribution in [1.82, 2.24) is 0 Å². The van der Waals surface area contributed by atoms with Crippen LogP contribution in [0.1, 0.15) is 50.3 Å². The van der Waals surface area contributed by atoms with E-state index >= 15 is 0 Å². The quantitative estimate of drug-likeness (QED) is 0.348. The molecule has 0 saturated heterocycles. The Morgan fingerprint density at radius 2 is 1.62 bits per heavy atom. The summed E-state index contributed by atoms with van der Waals surface area (Å²) in [5.74, 6) is -0.356. The van der Waals surface area contributed by atoms with Crippen molar-refractivity contribution in [3.05, 3.63) is 64.2 Å². The van der Waals surface area contributed by atoms with Crippen LogP contribution in [-0.2, 0) is 20.9 Å². The second kappa shape index (κ2) is 12.0. The molecule has 0 heterocycles. The van der Waals surface area contributed by atoms with Crippen molar-refractivity contribution in [3.63, 3.8) is 0 Å². The molecular weight excluding hydrogens is 424 g/mol. The van der Waals surface area contributed by atoms with E-state index in [1.165, 1.54) is 0 Å². The number of carbonyl (C=O) groups is 2. The highest BCUT2D eigenvalue weighted by Crippen LogP contribution is 2.27. The van der Waals surface area contributed by atoms with Gasteiger partial charge in [0.15, 0.2) is 12.6 Å². The number of hydrogen-bond donors (Lipinski definition) is 1. The molecule has 2 aromatic carbocycles. The van der Waals surface area contributed by atoms with Gasteiger partial charge in [-0.05, 0) is 62.9 Å². The number of likely N-dealkylation sites (N-methyl/N-ethyl adjacent to an activating group) is 1. The van der Waals surface area contributed by atoms with E-state index in [1.54, 1.807) is 0 Å². The number of esters is 1. The zero-order chi connectivity index (χ0) is 23.7. The lowest BCUT2D eigenvalue weighted by atomic mass is 10.0. The van der Waals surface area contributed by atoms with Crippen molar-refractivity contribution in [2.45, 2.75) is 60.1 Å². The first-order chi connectivity index (χ1) is 15.3. The van der Waals surface area contributed by atoms with E-state index in [2.05, 4.69) is 12.2 Å². The predicted molar refractivity (Wildman–Crippen MR) is 131 cm³/mol. The van der Waals surface area contributed by atoms with Gasteiger partial charge in [-0.15, -0.1) is 0 Å². The number of rotatable bonds is 11. The monoisotopic (exact) mass is 459 g/mol. The highest BCUT2D eigenvalue weighted by Gasteiger charge is 2.41. The summed E-state index contributed by atoms with van der Waals surface area (Å²) in [7, 11) is 0. The Bertz CT molecular complexity index is 888. The first-order valence-corrected chi connectivity index (χ1v) is 11.8. The minimum Gasteiger partial charge on any atom is -0.457 e. The lowest BCUT2D eigenvalue weighted by Gasteiger charge is -2.42. The number of nitrogens with zero attached hydrogens (tertiary/aromatic N) is 1. The van der Waals surface area contributed by atoms with E-state index in [4.69, 9.17) is 16.3 Å². The molecule has 6 heteroatoms. The fraction of sp³-hybridized carbons (Fsp3) is 0.462. The molecule has 0 aliphatic carbocycles. The summed E-state index contributed by atoms with van der Waals surface area (Å²) in [4.78, 5) is 26.3. The first-order valence-electron chi connectivity index (χ1n) is 11.4. The summed E-state index contributed by atoms with van der Waals surface area (Å²) in [6.45, 7) is 11.7. The van der Waals surface area contributed by atoms with Crippen LogP contribution in [0, 0.1) is 13.8 Å². The van der Waals surface area contributed by atoms with Crippen LogP contribution in [-0.4, -0.2) is 42.0 Å². The summed E-state index contributed by atoms with van der Waals surface area (Å²) in [5.41, 5.74) is 3.58. The average molecular weight is 460 g/mol. The number of anilines is 1. The van der Waals surface area contributed by atoms with E-state index in [1.807, 2.05) is 70.2 Å². The van der Waals surface area contributed by atoms with Gasteiger partial charge < -0.3 is 14.5 Å². The number of nitrogens with one attached hydrogen (secondary N) is 1. The summed E-state index contributed by atoms with van der Waals surface area (Å²) >= 11 is 6.15. The molecule has 0 fully saturated rings. The molecule has 0 aliphatic heterocycles. The largest absolute Gasteiger partial charge is 0.457 e. The predicted octanol–water partition coefficient (Wildman–Crippen LogP) is 5.66. The molecular formula is C26H36ClN2O3+. The molecule has 1 unspecified atom stereocenters. The van der Waals surface area contributed by atoms with Crippen LogP contribution in [0.25, 0.3) is 0 Å². The van der Waals surface area contributed by atoms with Crippen LogP contribution < -0.4 is 5.32 Å². The Kier molecular flexibility index (Phi) is 9.73. The van der Waals surface area contributed by atoms with Gasteiger partial charge >= 0.3 is 5.97 Å². The van der Waals surface area contributed by atoms with Crippen LogP contribution in [0.15, 0.2) is 42.5 Å². The van der Waals surface area contributed by atoms with Crippen molar-refractivity contribution in [2.75, 3.05) is 25.0 Å². The minimum absolute atomic E-state index is 0.0695. The van der Waals surface area contributed by atoms with Crippen LogP contribution in [0.5, 0.6) is 0 Å². The Balaban J connectivity index is 2.21. The molecule has 1 amide bonds. The molecule has 2 aromatic rings. The highest BCUT2D eigenvalue weighted by molar-refractivity contribution is 6.30. The number of hydrogen-bond acceptors (Lipinski definition) is 3. The second-order valence-corrected chi connectivity index (χ2v) is 8.80.